The third-order valence-corrected chi connectivity index (χ3v) is 4.49. The Morgan fingerprint density at radius 1 is 1.25 bits per heavy atom. The summed E-state index contributed by atoms with van der Waals surface area (Å²) in [5, 5.41) is 17.2. The van der Waals surface area contributed by atoms with Gasteiger partial charge in [0.05, 0.1) is 24.1 Å². The van der Waals surface area contributed by atoms with Gasteiger partial charge in [-0.1, -0.05) is 24.3 Å². The highest BCUT2D eigenvalue weighted by atomic mass is 16.5. The van der Waals surface area contributed by atoms with Crippen molar-refractivity contribution in [1.29, 1.82) is 5.26 Å². The van der Waals surface area contributed by atoms with Crippen LogP contribution < -0.4 is 5.69 Å². The van der Waals surface area contributed by atoms with Crippen LogP contribution in [-0.4, -0.2) is 33.0 Å². The first-order valence-corrected chi connectivity index (χ1v) is 8.12. The van der Waals surface area contributed by atoms with Gasteiger partial charge in [-0.2, -0.15) is 14.6 Å². The Kier molecular flexibility index (Phi) is 4.49. The van der Waals surface area contributed by atoms with E-state index in [0.29, 0.717) is 19.8 Å². The number of nitriles is 1. The maximum Gasteiger partial charge on any atom is 0.364 e. The van der Waals surface area contributed by atoms with Gasteiger partial charge in [0.1, 0.15) is 0 Å². The Bertz CT molecular complexity index is 792. The van der Waals surface area contributed by atoms with Crippen LogP contribution in [0.3, 0.4) is 0 Å². The Morgan fingerprint density at radius 3 is 2.54 bits per heavy atom. The second-order valence-electron chi connectivity index (χ2n) is 6.64. The number of hydrogen-bond acceptors (Lipinski definition) is 5. The molecule has 0 aliphatic carbocycles. The first kappa shape index (κ1) is 16.4. The predicted molar refractivity (Wildman–Crippen MR) is 87.6 cm³/mol. The fourth-order valence-electron chi connectivity index (χ4n) is 2.81. The number of rotatable bonds is 4. The molecule has 0 unspecified atom stereocenters. The van der Waals surface area contributed by atoms with Crippen molar-refractivity contribution in [3.63, 3.8) is 0 Å². The minimum Gasteiger partial charge on any atom is -0.381 e. The largest absolute Gasteiger partial charge is 0.381 e. The summed E-state index contributed by atoms with van der Waals surface area (Å²) in [5.41, 5.74) is 1.19. The van der Waals surface area contributed by atoms with Crippen LogP contribution in [0.2, 0.25) is 0 Å². The molecule has 1 aromatic heterocycles. The Balaban J connectivity index is 1.76. The topological polar surface area (TPSA) is 85.7 Å². The Labute approximate surface area is 140 Å². The monoisotopic (exact) mass is 327 g/mol. The zero-order chi connectivity index (χ0) is 17.2. The van der Waals surface area contributed by atoms with E-state index in [1.165, 1.54) is 9.36 Å². The van der Waals surface area contributed by atoms with Gasteiger partial charge in [-0.25, -0.2) is 4.79 Å². The van der Waals surface area contributed by atoms with Crippen LogP contribution in [0.4, 0.5) is 0 Å². The predicted octanol–water partition coefficient (Wildman–Crippen LogP) is 1.64. The Hall–Kier alpha value is -2.46. The molecule has 0 bridgehead atoms. The van der Waals surface area contributed by atoms with Crippen molar-refractivity contribution in [2.45, 2.75) is 44.7 Å². The lowest BCUT2D eigenvalue weighted by molar-refractivity contribution is 0.0647. The molecule has 2 aromatic rings. The summed E-state index contributed by atoms with van der Waals surface area (Å²) >= 11 is 0. The summed E-state index contributed by atoms with van der Waals surface area (Å²) in [6.07, 6.45) is 1.58. The van der Waals surface area contributed by atoms with Gasteiger partial charge in [0, 0.05) is 13.2 Å². The molecule has 3 rings (SSSR count). The van der Waals surface area contributed by atoms with Crippen LogP contribution in [0.1, 0.15) is 43.9 Å². The second kappa shape index (κ2) is 6.57. The average molecular weight is 327 g/mol. The molecular weight excluding hydrogens is 306 g/mol. The fourth-order valence-corrected chi connectivity index (χ4v) is 2.81. The van der Waals surface area contributed by atoms with Crippen molar-refractivity contribution in [3.05, 3.63) is 45.9 Å². The van der Waals surface area contributed by atoms with Gasteiger partial charge in [0.15, 0.2) is 0 Å². The van der Waals surface area contributed by atoms with Crippen LogP contribution in [0.25, 0.3) is 0 Å². The zero-order valence-electron chi connectivity index (χ0n) is 14.0. The third-order valence-electron chi connectivity index (χ3n) is 4.49. The highest BCUT2D eigenvalue weighted by molar-refractivity contribution is 5.32. The van der Waals surface area contributed by atoms with E-state index >= 15 is 0 Å². The summed E-state index contributed by atoms with van der Waals surface area (Å²) in [6, 6.07) is 10.0. The zero-order valence-corrected chi connectivity index (χ0v) is 14.0. The molecule has 24 heavy (non-hydrogen) atoms. The van der Waals surface area contributed by atoms with E-state index in [4.69, 9.17) is 4.74 Å². The molecular formula is C17H21N5O2. The second-order valence-corrected chi connectivity index (χ2v) is 6.64. The standard InChI is InChI=1S/C17H21N5O2/c1-17(2,12-18)14-5-3-13(4-6-14)11-21-16(23)22(20-19-21)15-7-9-24-10-8-15/h3-6,15H,7-11H2,1-2H3. The molecule has 1 aliphatic heterocycles. The van der Waals surface area contributed by atoms with E-state index in [0.717, 1.165) is 24.0 Å². The number of hydrogen-bond donors (Lipinski definition) is 0. The van der Waals surface area contributed by atoms with Gasteiger partial charge < -0.3 is 4.74 Å². The van der Waals surface area contributed by atoms with E-state index in [1.54, 1.807) is 0 Å². The van der Waals surface area contributed by atoms with Gasteiger partial charge in [-0.3, -0.25) is 0 Å². The molecule has 1 saturated heterocycles. The van der Waals surface area contributed by atoms with E-state index in [9.17, 15) is 10.1 Å². The summed E-state index contributed by atoms with van der Waals surface area (Å²) in [5.74, 6) is 0. The molecule has 1 aromatic carbocycles. The van der Waals surface area contributed by atoms with Crippen molar-refractivity contribution in [2.75, 3.05) is 13.2 Å². The molecule has 1 aliphatic rings. The third kappa shape index (κ3) is 3.24. The number of benzene rings is 1. The average Bonchev–Trinajstić information content (AvgIpc) is 2.97. The molecule has 126 valence electrons. The number of aromatic nitrogens is 4. The van der Waals surface area contributed by atoms with Crippen LogP contribution in [0, 0.1) is 11.3 Å². The normalized spacial score (nSPS) is 16.0. The molecule has 0 amide bonds. The number of ether oxygens (including phenoxy) is 1. The molecule has 7 nitrogen and oxygen atoms in total. The van der Waals surface area contributed by atoms with Crippen LogP contribution in [-0.2, 0) is 16.7 Å². The van der Waals surface area contributed by atoms with E-state index in [1.807, 2.05) is 38.1 Å². The molecule has 0 radical (unpaired) electrons. The van der Waals surface area contributed by atoms with E-state index < -0.39 is 5.41 Å². The van der Waals surface area contributed by atoms with Gasteiger partial charge in [-0.15, -0.1) is 0 Å². The summed E-state index contributed by atoms with van der Waals surface area (Å²) < 4.78 is 8.16. The van der Waals surface area contributed by atoms with Crippen molar-refractivity contribution in [1.82, 2.24) is 19.8 Å². The maximum atomic E-state index is 12.5. The fraction of sp³-hybridized carbons (Fsp3) is 0.529. The smallest absolute Gasteiger partial charge is 0.364 e. The van der Waals surface area contributed by atoms with Crippen molar-refractivity contribution in [2.24, 2.45) is 0 Å². The maximum absolute atomic E-state index is 12.5. The summed E-state index contributed by atoms with van der Waals surface area (Å²) in [4.78, 5) is 12.5. The number of nitrogens with zero attached hydrogens (tertiary/aromatic N) is 5. The molecule has 1 fully saturated rings. The molecule has 0 spiro atoms. The molecule has 0 saturated carbocycles. The van der Waals surface area contributed by atoms with E-state index in [-0.39, 0.29) is 11.7 Å². The minimum atomic E-state index is -0.526. The van der Waals surface area contributed by atoms with Gasteiger partial charge in [0.25, 0.3) is 0 Å². The molecule has 7 heteroatoms. The first-order valence-electron chi connectivity index (χ1n) is 8.12. The SMILES string of the molecule is CC(C)(C#N)c1ccc(Cn2nnn(C3CCOCC3)c2=O)cc1. The lowest BCUT2D eigenvalue weighted by Gasteiger charge is -2.20. The lowest BCUT2D eigenvalue weighted by Crippen LogP contribution is -2.31. The van der Waals surface area contributed by atoms with Gasteiger partial charge in [0.2, 0.25) is 0 Å². The lowest BCUT2D eigenvalue weighted by atomic mass is 9.86. The quantitative estimate of drug-likeness (QED) is 0.852. The van der Waals surface area contributed by atoms with Crippen molar-refractivity contribution in [3.8, 4) is 6.07 Å². The summed E-state index contributed by atoms with van der Waals surface area (Å²) in [6.45, 7) is 5.44. The molecule has 0 atom stereocenters. The Morgan fingerprint density at radius 2 is 1.92 bits per heavy atom. The molecule has 0 N–H and O–H groups in total. The van der Waals surface area contributed by atoms with Crippen LogP contribution in [0.15, 0.2) is 29.1 Å². The van der Waals surface area contributed by atoms with Crippen molar-refractivity contribution >= 4 is 0 Å². The highest BCUT2D eigenvalue weighted by Gasteiger charge is 2.21. The minimum absolute atomic E-state index is 0.0683. The highest BCUT2D eigenvalue weighted by Crippen LogP contribution is 2.22. The first-order chi connectivity index (χ1) is 11.5. The van der Waals surface area contributed by atoms with Crippen LogP contribution >= 0.6 is 0 Å². The van der Waals surface area contributed by atoms with Crippen molar-refractivity contribution < 1.29 is 4.74 Å². The van der Waals surface area contributed by atoms with Gasteiger partial charge >= 0.3 is 5.69 Å². The summed E-state index contributed by atoms with van der Waals surface area (Å²) in [7, 11) is 0. The molecule has 2 heterocycles. The van der Waals surface area contributed by atoms with Gasteiger partial charge in [-0.05, 0) is 48.2 Å². The number of tetrazole rings is 1. The van der Waals surface area contributed by atoms with Crippen LogP contribution in [0.5, 0.6) is 0 Å². The van der Waals surface area contributed by atoms with E-state index in [2.05, 4.69) is 16.5 Å².